The van der Waals surface area contributed by atoms with Gasteiger partial charge in [0, 0.05) is 5.56 Å². The van der Waals surface area contributed by atoms with Gasteiger partial charge >= 0.3 is 0 Å². The Morgan fingerprint density at radius 2 is 2.21 bits per heavy atom. The molecule has 0 aliphatic carbocycles. The van der Waals surface area contributed by atoms with Gasteiger partial charge in [0.2, 0.25) is 0 Å². The van der Waals surface area contributed by atoms with Crippen LogP contribution in [0.1, 0.15) is 21.5 Å². The lowest BCUT2D eigenvalue weighted by Crippen LogP contribution is -1.96. The van der Waals surface area contributed by atoms with Crippen molar-refractivity contribution in [2.24, 2.45) is 0 Å². The van der Waals surface area contributed by atoms with E-state index >= 15 is 0 Å². The average Bonchev–Trinajstić information content (AvgIpc) is 2.16. The summed E-state index contributed by atoms with van der Waals surface area (Å²) in [6.45, 7) is 1.73. The van der Waals surface area contributed by atoms with Gasteiger partial charge in [-0.15, -0.1) is 0 Å². The fraction of sp³-hybridized carbons (Fsp3) is 0.200. The van der Waals surface area contributed by atoms with Crippen LogP contribution in [-0.4, -0.2) is 12.4 Å². The SMILES string of the molecule is COc1cc(C(=O)Cl)cc(C)c1C#N. The summed E-state index contributed by atoms with van der Waals surface area (Å²) in [5.74, 6) is 0.372. The molecule has 0 atom stereocenters. The molecule has 0 unspecified atom stereocenters. The monoisotopic (exact) mass is 209 g/mol. The number of hydrogen-bond donors (Lipinski definition) is 0. The molecule has 0 amide bonds. The number of benzene rings is 1. The molecule has 0 bridgehead atoms. The number of carbonyl (C=O) groups is 1. The molecule has 0 fully saturated rings. The Hall–Kier alpha value is -1.53. The molecule has 3 nitrogen and oxygen atoms in total. The standard InChI is InChI=1S/C10H8ClNO2/c1-6-3-7(10(11)13)4-9(14-2)8(6)5-12/h3-4H,1-2H3. The van der Waals surface area contributed by atoms with Gasteiger partial charge in [-0.1, -0.05) is 0 Å². The maximum Gasteiger partial charge on any atom is 0.252 e. The molecule has 0 radical (unpaired) electrons. The van der Waals surface area contributed by atoms with Crippen LogP contribution in [0.25, 0.3) is 0 Å². The van der Waals surface area contributed by atoms with Crippen molar-refractivity contribution in [2.75, 3.05) is 7.11 Å². The highest BCUT2D eigenvalue weighted by Gasteiger charge is 2.11. The Kier molecular flexibility index (Phi) is 3.10. The van der Waals surface area contributed by atoms with Crippen molar-refractivity contribution in [2.45, 2.75) is 6.92 Å². The van der Waals surface area contributed by atoms with Crippen molar-refractivity contribution < 1.29 is 9.53 Å². The highest BCUT2D eigenvalue weighted by molar-refractivity contribution is 6.67. The Labute approximate surface area is 86.9 Å². The molecule has 1 aromatic carbocycles. The molecule has 0 aliphatic heterocycles. The summed E-state index contributed by atoms with van der Waals surface area (Å²) in [7, 11) is 1.44. The van der Waals surface area contributed by atoms with Crippen molar-refractivity contribution in [3.63, 3.8) is 0 Å². The van der Waals surface area contributed by atoms with Crippen LogP contribution in [0.5, 0.6) is 5.75 Å². The zero-order chi connectivity index (χ0) is 10.7. The molecular formula is C10H8ClNO2. The van der Waals surface area contributed by atoms with E-state index in [2.05, 4.69) is 0 Å². The number of nitriles is 1. The van der Waals surface area contributed by atoms with Gasteiger partial charge in [0.1, 0.15) is 11.8 Å². The van der Waals surface area contributed by atoms with E-state index in [0.717, 1.165) is 0 Å². The number of aryl methyl sites for hydroxylation is 1. The van der Waals surface area contributed by atoms with Gasteiger partial charge in [0.15, 0.2) is 0 Å². The van der Waals surface area contributed by atoms with Crippen LogP contribution in [0.3, 0.4) is 0 Å². The Balaban J connectivity index is 3.40. The average molecular weight is 210 g/mol. The van der Waals surface area contributed by atoms with Crippen LogP contribution in [-0.2, 0) is 0 Å². The zero-order valence-corrected chi connectivity index (χ0v) is 8.55. The van der Waals surface area contributed by atoms with Crippen LogP contribution < -0.4 is 4.74 Å². The second-order valence-corrected chi connectivity index (χ2v) is 3.10. The Bertz CT molecular complexity index is 421. The van der Waals surface area contributed by atoms with Crippen LogP contribution in [0.4, 0.5) is 0 Å². The fourth-order valence-corrected chi connectivity index (χ4v) is 1.28. The molecule has 1 rings (SSSR count). The lowest BCUT2D eigenvalue weighted by Gasteiger charge is -2.06. The maximum atomic E-state index is 10.9. The zero-order valence-electron chi connectivity index (χ0n) is 7.80. The van der Waals surface area contributed by atoms with Crippen molar-refractivity contribution in [3.8, 4) is 11.8 Å². The molecule has 1 aromatic rings. The van der Waals surface area contributed by atoms with E-state index in [9.17, 15) is 4.79 Å². The van der Waals surface area contributed by atoms with Crippen molar-refractivity contribution in [3.05, 3.63) is 28.8 Å². The molecular weight excluding hydrogens is 202 g/mol. The van der Waals surface area contributed by atoms with E-state index in [0.29, 0.717) is 22.4 Å². The van der Waals surface area contributed by atoms with Crippen molar-refractivity contribution in [1.29, 1.82) is 5.26 Å². The van der Waals surface area contributed by atoms with Gasteiger partial charge in [0.05, 0.1) is 12.7 Å². The summed E-state index contributed by atoms with van der Waals surface area (Å²) in [4.78, 5) is 10.9. The lowest BCUT2D eigenvalue weighted by molar-refractivity contribution is 0.108. The van der Waals surface area contributed by atoms with Gasteiger partial charge in [-0.2, -0.15) is 5.26 Å². The van der Waals surface area contributed by atoms with Gasteiger partial charge in [-0.05, 0) is 36.2 Å². The number of methoxy groups -OCH3 is 1. The summed E-state index contributed by atoms with van der Waals surface area (Å²) in [6.07, 6.45) is 0. The van der Waals surface area contributed by atoms with Crippen molar-refractivity contribution in [1.82, 2.24) is 0 Å². The van der Waals surface area contributed by atoms with Gasteiger partial charge in [-0.25, -0.2) is 0 Å². The number of rotatable bonds is 2. The van der Waals surface area contributed by atoms with E-state index in [1.807, 2.05) is 6.07 Å². The van der Waals surface area contributed by atoms with Gasteiger partial charge < -0.3 is 4.74 Å². The minimum atomic E-state index is -0.559. The van der Waals surface area contributed by atoms with E-state index in [-0.39, 0.29) is 0 Å². The molecule has 0 saturated heterocycles. The van der Waals surface area contributed by atoms with E-state index in [1.165, 1.54) is 13.2 Å². The van der Waals surface area contributed by atoms with Crippen LogP contribution in [0.2, 0.25) is 0 Å². The molecule has 0 N–H and O–H groups in total. The first-order valence-electron chi connectivity index (χ1n) is 3.88. The lowest BCUT2D eigenvalue weighted by atomic mass is 10.1. The summed E-state index contributed by atoms with van der Waals surface area (Å²) in [5.41, 5.74) is 1.44. The predicted octanol–water partition coefficient (Wildman–Crippen LogP) is 2.25. The van der Waals surface area contributed by atoms with Crippen LogP contribution >= 0.6 is 11.6 Å². The largest absolute Gasteiger partial charge is 0.495 e. The summed E-state index contributed by atoms with van der Waals surface area (Å²) in [6, 6.07) is 5.03. The highest BCUT2D eigenvalue weighted by Crippen LogP contribution is 2.24. The first-order valence-corrected chi connectivity index (χ1v) is 4.26. The smallest absolute Gasteiger partial charge is 0.252 e. The second kappa shape index (κ2) is 4.12. The Morgan fingerprint density at radius 1 is 1.57 bits per heavy atom. The van der Waals surface area contributed by atoms with E-state index in [1.54, 1.807) is 13.0 Å². The summed E-state index contributed by atoms with van der Waals surface area (Å²) < 4.78 is 4.97. The molecule has 72 valence electrons. The molecule has 0 aromatic heterocycles. The van der Waals surface area contributed by atoms with Crippen molar-refractivity contribution >= 4 is 16.8 Å². The topological polar surface area (TPSA) is 50.1 Å². The van der Waals surface area contributed by atoms with E-state index < -0.39 is 5.24 Å². The summed E-state index contributed by atoms with van der Waals surface area (Å²) >= 11 is 5.32. The predicted molar refractivity (Wildman–Crippen MR) is 52.6 cm³/mol. The van der Waals surface area contributed by atoms with Gasteiger partial charge in [-0.3, -0.25) is 4.79 Å². The first kappa shape index (κ1) is 10.6. The Morgan fingerprint density at radius 3 is 2.64 bits per heavy atom. The first-order chi connectivity index (χ1) is 6.60. The fourth-order valence-electron chi connectivity index (χ4n) is 1.17. The molecule has 0 heterocycles. The summed E-state index contributed by atoms with van der Waals surface area (Å²) in [5, 5.41) is 8.25. The van der Waals surface area contributed by atoms with Gasteiger partial charge in [0.25, 0.3) is 5.24 Å². The molecule has 0 saturated carbocycles. The highest BCUT2D eigenvalue weighted by atomic mass is 35.5. The molecule has 14 heavy (non-hydrogen) atoms. The van der Waals surface area contributed by atoms with Crippen LogP contribution in [0.15, 0.2) is 12.1 Å². The van der Waals surface area contributed by atoms with Crippen LogP contribution in [0, 0.1) is 18.3 Å². The number of carbonyl (C=O) groups excluding carboxylic acids is 1. The third-order valence-electron chi connectivity index (χ3n) is 1.86. The third-order valence-corrected chi connectivity index (χ3v) is 2.08. The number of nitrogens with zero attached hydrogens (tertiary/aromatic N) is 1. The molecule has 0 spiro atoms. The maximum absolute atomic E-state index is 10.9. The normalized spacial score (nSPS) is 9.29. The quantitative estimate of drug-likeness (QED) is 0.702. The number of ether oxygens (including phenoxy) is 1. The number of halogens is 1. The molecule has 4 heteroatoms. The second-order valence-electron chi connectivity index (χ2n) is 2.76. The van der Waals surface area contributed by atoms with E-state index in [4.69, 9.17) is 21.6 Å². The third kappa shape index (κ3) is 1.86. The molecule has 0 aliphatic rings. The minimum absolute atomic E-state index is 0.333. The minimum Gasteiger partial charge on any atom is -0.495 e. The number of hydrogen-bond acceptors (Lipinski definition) is 3.